The molecule has 0 saturated heterocycles. The minimum absolute atomic E-state index is 0.0634. The van der Waals surface area contributed by atoms with E-state index in [2.05, 4.69) is 20.8 Å². The zero-order valence-corrected chi connectivity index (χ0v) is 20.8. The lowest BCUT2D eigenvalue weighted by molar-refractivity contribution is 0.251. The second-order valence-electron chi connectivity index (χ2n) is 7.25. The smallest absolute Gasteiger partial charge is 0.319 e. The van der Waals surface area contributed by atoms with Crippen LogP contribution in [-0.4, -0.2) is 27.9 Å². The number of nitrogens with one attached hydrogen (secondary N) is 2. The fourth-order valence-electron chi connectivity index (χ4n) is 3.21. The Balaban J connectivity index is 1.56. The molecule has 0 spiro atoms. The summed E-state index contributed by atoms with van der Waals surface area (Å²) in [6.07, 6.45) is 0. The Morgan fingerprint density at radius 1 is 1.09 bits per heavy atom. The van der Waals surface area contributed by atoms with Crippen molar-refractivity contribution in [2.24, 2.45) is 0 Å². The number of aromatic nitrogens is 3. The highest BCUT2D eigenvalue weighted by Crippen LogP contribution is 2.31. The third-order valence-corrected chi connectivity index (χ3v) is 6.45. The number of rotatable bonds is 8. The molecule has 4 aromatic rings. The maximum Gasteiger partial charge on any atom is 0.319 e. The molecule has 0 bridgehead atoms. The number of ether oxygens (including phenoxy) is 1. The zero-order chi connectivity index (χ0) is 24.8. The van der Waals surface area contributed by atoms with Crippen molar-refractivity contribution in [1.29, 1.82) is 0 Å². The number of methoxy groups -OCH3 is 1. The van der Waals surface area contributed by atoms with Gasteiger partial charge in [0.05, 0.1) is 30.1 Å². The first-order valence-electron chi connectivity index (χ1n) is 10.4. The molecule has 0 atom stereocenters. The van der Waals surface area contributed by atoms with Crippen molar-refractivity contribution in [3.05, 3.63) is 94.0 Å². The first-order valence-corrected chi connectivity index (χ1v) is 12.1. The van der Waals surface area contributed by atoms with Crippen LogP contribution in [0.1, 0.15) is 11.4 Å². The van der Waals surface area contributed by atoms with Gasteiger partial charge < -0.3 is 15.4 Å². The summed E-state index contributed by atoms with van der Waals surface area (Å²) >= 11 is 14.1. The van der Waals surface area contributed by atoms with E-state index < -0.39 is 6.03 Å². The van der Waals surface area contributed by atoms with Crippen LogP contribution >= 0.6 is 35.0 Å². The van der Waals surface area contributed by atoms with Gasteiger partial charge in [0.1, 0.15) is 11.6 Å². The van der Waals surface area contributed by atoms with Gasteiger partial charge in [0.25, 0.3) is 0 Å². The predicted octanol–water partition coefficient (Wildman–Crippen LogP) is 6.34. The third-order valence-electron chi connectivity index (χ3n) is 4.89. The summed E-state index contributed by atoms with van der Waals surface area (Å²) in [6.45, 7) is 0.0634. The molecule has 0 aliphatic rings. The highest BCUT2D eigenvalue weighted by molar-refractivity contribution is 7.98. The quantitative estimate of drug-likeness (QED) is 0.259. The topological polar surface area (TPSA) is 81.1 Å². The summed E-state index contributed by atoms with van der Waals surface area (Å²) in [6, 6.07) is 17.9. The number of hydrogen-bond acceptors (Lipinski definition) is 5. The van der Waals surface area contributed by atoms with Gasteiger partial charge in [-0.15, -0.1) is 10.2 Å². The maximum absolute atomic E-state index is 13.2. The number of carbonyl (C=O) groups excluding carboxylic acids is 1. The van der Waals surface area contributed by atoms with Crippen molar-refractivity contribution in [3.8, 4) is 11.4 Å². The lowest BCUT2D eigenvalue weighted by Gasteiger charge is -2.14. The monoisotopic (exact) mass is 531 g/mol. The van der Waals surface area contributed by atoms with Crippen molar-refractivity contribution in [1.82, 2.24) is 20.1 Å². The summed E-state index contributed by atoms with van der Waals surface area (Å²) in [4.78, 5) is 12.5. The molecule has 2 amide bonds. The van der Waals surface area contributed by atoms with Crippen LogP contribution in [0.5, 0.6) is 5.75 Å². The second-order valence-corrected chi connectivity index (χ2v) is 9.04. The van der Waals surface area contributed by atoms with Crippen LogP contribution in [0.4, 0.5) is 14.9 Å². The van der Waals surface area contributed by atoms with Crippen LogP contribution in [0, 0.1) is 5.82 Å². The number of benzene rings is 3. The molecule has 0 unspecified atom stereocenters. The Morgan fingerprint density at radius 2 is 1.86 bits per heavy atom. The highest BCUT2D eigenvalue weighted by Gasteiger charge is 2.18. The van der Waals surface area contributed by atoms with E-state index in [9.17, 15) is 9.18 Å². The van der Waals surface area contributed by atoms with Gasteiger partial charge in [-0.05, 0) is 48.0 Å². The van der Waals surface area contributed by atoms with E-state index in [1.54, 1.807) is 53.1 Å². The van der Waals surface area contributed by atoms with Gasteiger partial charge in [0.15, 0.2) is 11.0 Å². The number of carbonyl (C=O) groups is 1. The molecular formula is C24H20Cl2FN5O2S. The Morgan fingerprint density at radius 3 is 2.63 bits per heavy atom. The van der Waals surface area contributed by atoms with Gasteiger partial charge >= 0.3 is 6.03 Å². The van der Waals surface area contributed by atoms with Crippen molar-refractivity contribution < 1.29 is 13.9 Å². The van der Waals surface area contributed by atoms with E-state index in [4.69, 9.17) is 27.9 Å². The molecule has 1 heterocycles. The maximum atomic E-state index is 13.2. The van der Waals surface area contributed by atoms with Crippen molar-refractivity contribution in [3.63, 3.8) is 0 Å². The Bertz CT molecular complexity index is 1330. The molecule has 2 N–H and O–H groups in total. The van der Waals surface area contributed by atoms with Gasteiger partial charge in [0, 0.05) is 10.8 Å². The second kappa shape index (κ2) is 11.4. The third kappa shape index (κ3) is 6.25. The van der Waals surface area contributed by atoms with Crippen LogP contribution in [0.3, 0.4) is 0 Å². The Kier molecular flexibility index (Phi) is 8.12. The molecule has 11 heteroatoms. The van der Waals surface area contributed by atoms with E-state index in [1.807, 2.05) is 6.07 Å². The fraction of sp³-hybridized carbons (Fsp3) is 0.125. The highest BCUT2D eigenvalue weighted by atomic mass is 35.5. The first kappa shape index (κ1) is 24.8. The molecule has 0 aliphatic heterocycles. The lowest BCUT2D eigenvalue weighted by Crippen LogP contribution is -2.29. The number of nitrogens with zero attached hydrogens (tertiary/aromatic N) is 3. The largest absolute Gasteiger partial charge is 0.495 e. The predicted molar refractivity (Wildman–Crippen MR) is 136 cm³/mol. The molecule has 35 heavy (non-hydrogen) atoms. The van der Waals surface area contributed by atoms with Gasteiger partial charge in [0.2, 0.25) is 0 Å². The standard InChI is InChI=1S/C24H20Cl2FN5O2S/c1-34-21-5-3-2-4-19(21)29-23(33)28-13-22-30-31-24(35-14-15-6-9-17(27)10-7-15)32(22)20-12-16(25)8-11-18(20)26/h2-12H,13-14H2,1H3,(H2,28,29,33). The number of thioether (sulfide) groups is 1. The molecule has 7 nitrogen and oxygen atoms in total. The van der Waals surface area contributed by atoms with E-state index in [1.165, 1.54) is 31.0 Å². The number of anilines is 1. The van der Waals surface area contributed by atoms with Crippen LogP contribution < -0.4 is 15.4 Å². The SMILES string of the molecule is COc1ccccc1NC(=O)NCc1nnc(SCc2ccc(F)cc2)n1-c1cc(Cl)ccc1Cl. The Hall–Kier alpha value is -3.27. The Labute approximate surface area is 215 Å². The number of hydrogen-bond donors (Lipinski definition) is 2. The van der Waals surface area contributed by atoms with E-state index in [0.29, 0.717) is 43.9 Å². The summed E-state index contributed by atoms with van der Waals surface area (Å²) in [7, 11) is 1.53. The van der Waals surface area contributed by atoms with Gasteiger partial charge in [-0.25, -0.2) is 9.18 Å². The van der Waals surface area contributed by atoms with Crippen LogP contribution in [0.25, 0.3) is 5.69 Å². The van der Waals surface area contributed by atoms with Crippen LogP contribution in [-0.2, 0) is 12.3 Å². The van der Waals surface area contributed by atoms with E-state index in [-0.39, 0.29) is 12.4 Å². The first-order chi connectivity index (χ1) is 16.9. The van der Waals surface area contributed by atoms with Crippen molar-refractivity contribution in [2.45, 2.75) is 17.5 Å². The number of halogens is 3. The van der Waals surface area contributed by atoms with Gasteiger partial charge in [-0.2, -0.15) is 0 Å². The van der Waals surface area contributed by atoms with Crippen molar-refractivity contribution in [2.75, 3.05) is 12.4 Å². The fourth-order valence-corrected chi connectivity index (χ4v) is 4.50. The molecule has 3 aromatic carbocycles. The summed E-state index contributed by atoms with van der Waals surface area (Å²) in [5.74, 6) is 1.22. The average Bonchev–Trinajstić information content (AvgIpc) is 3.26. The summed E-state index contributed by atoms with van der Waals surface area (Å²) in [5.41, 5.74) is 2.02. The molecule has 0 fully saturated rings. The van der Waals surface area contributed by atoms with Crippen LogP contribution in [0.2, 0.25) is 10.0 Å². The molecule has 4 rings (SSSR count). The molecule has 0 aliphatic carbocycles. The molecule has 1 aromatic heterocycles. The molecule has 180 valence electrons. The normalized spacial score (nSPS) is 10.7. The minimum atomic E-state index is -0.443. The summed E-state index contributed by atoms with van der Waals surface area (Å²) in [5, 5.41) is 15.6. The minimum Gasteiger partial charge on any atom is -0.495 e. The average molecular weight is 532 g/mol. The number of amides is 2. The van der Waals surface area contributed by atoms with E-state index in [0.717, 1.165) is 5.56 Å². The lowest BCUT2D eigenvalue weighted by atomic mass is 10.2. The van der Waals surface area contributed by atoms with Gasteiger partial charge in [-0.1, -0.05) is 59.2 Å². The van der Waals surface area contributed by atoms with Crippen molar-refractivity contribution >= 4 is 46.7 Å². The van der Waals surface area contributed by atoms with E-state index >= 15 is 0 Å². The molecular weight excluding hydrogens is 512 g/mol. The zero-order valence-electron chi connectivity index (χ0n) is 18.5. The number of urea groups is 1. The van der Waals surface area contributed by atoms with Crippen LogP contribution in [0.15, 0.2) is 71.9 Å². The summed E-state index contributed by atoms with van der Waals surface area (Å²) < 4.78 is 20.2. The molecule has 0 radical (unpaired) electrons. The molecule has 0 saturated carbocycles. The van der Waals surface area contributed by atoms with Gasteiger partial charge in [-0.3, -0.25) is 4.57 Å². The number of para-hydroxylation sites is 2.